The number of amides is 2. The number of aromatic nitrogens is 1. The molecule has 2 aromatic carbocycles. The zero-order chi connectivity index (χ0) is 23.4. The number of benzene rings is 2. The number of rotatable bonds is 7. The van der Waals surface area contributed by atoms with Crippen molar-refractivity contribution in [2.45, 2.75) is 31.9 Å². The molecule has 0 radical (unpaired) electrons. The van der Waals surface area contributed by atoms with Crippen molar-refractivity contribution in [2.75, 3.05) is 19.0 Å². The smallest absolute Gasteiger partial charge is 0.267 e. The molecule has 0 saturated carbocycles. The van der Waals surface area contributed by atoms with E-state index in [1.807, 2.05) is 55.4 Å². The van der Waals surface area contributed by atoms with Crippen molar-refractivity contribution >= 4 is 17.5 Å². The van der Waals surface area contributed by atoms with Gasteiger partial charge in [-0.1, -0.05) is 6.07 Å². The Morgan fingerprint density at radius 1 is 1.09 bits per heavy atom. The van der Waals surface area contributed by atoms with E-state index in [1.54, 1.807) is 18.3 Å². The molecule has 1 aliphatic carbocycles. The molecule has 0 aliphatic heterocycles. The molecule has 7 heteroatoms. The lowest BCUT2D eigenvalue weighted by molar-refractivity contribution is 0.0932. The van der Waals surface area contributed by atoms with E-state index in [2.05, 4.69) is 16.4 Å². The van der Waals surface area contributed by atoms with Gasteiger partial charge in [0.2, 0.25) is 0 Å². The first-order chi connectivity index (χ1) is 15.9. The quantitative estimate of drug-likeness (QED) is 0.584. The minimum absolute atomic E-state index is 0.0518. The molecule has 0 fully saturated rings. The molecule has 3 N–H and O–H groups in total. The summed E-state index contributed by atoms with van der Waals surface area (Å²) in [5, 5.41) is 3.17. The molecule has 1 heterocycles. The van der Waals surface area contributed by atoms with E-state index in [-0.39, 0.29) is 17.6 Å². The standard InChI is InChI=1S/C26H28N4O3/c1-30(2)22-8-4-19(5-9-22)26(32)29-21-7-3-18-6-10-23(15-20(18)14-21)33-16-17-11-12-28-24(13-17)25(27)31/h4-6,8-13,15,21H,3,7,14,16H2,1-2H3,(H2,27,31)(H,29,32). The average Bonchev–Trinajstić information content (AvgIpc) is 2.82. The molecule has 2 amide bonds. The van der Waals surface area contributed by atoms with Crippen molar-refractivity contribution in [3.8, 4) is 5.75 Å². The number of carbonyl (C=O) groups excluding carboxylic acids is 2. The number of pyridine rings is 1. The van der Waals surface area contributed by atoms with E-state index < -0.39 is 5.91 Å². The number of hydrogen-bond donors (Lipinski definition) is 2. The number of nitrogens with two attached hydrogens (primary N) is 1. The number of ether oxygens (including phenoxy) is 1. The maximum Gasteiger partial charge on any atom is 0.267 e. The van der Waals surface area contributed by atoms with Crippen molar-refractivity contribution in [1.82, 2.24) is 10.3 Å². The Bertz CT molecular complexity index is 1160. The Hall–Kier alpha value is -3.87. The number of anilines is 1. The summed E-state index contributed by atoms with van der Waals surface area (Å²) in [5.41, 5.74) is 10.5. The second-order valence-electron chi connectivity index (χ2n) is 8.49. The molecule has 0 saturated heterocycles. The highest BCUT2D eigenvalue weighted by atomic mass is 16.5. The van der Waals surface area contributed by atoms with Crippen LogP contribution in [0.2, 0.25) is 0 Å². The second kappa shape index (κ2) is 9.73. The topological polar surface area (TPSA) is 97.6 Å². The first-order valence-electron chi connectivity index (χ1n) is 11.0. The Morgan fingerprint density at radius 2 is 1.88 bits per heavy atom. The van der Waals surface area contributed by atoms with E-state index in [0.717, 1.165) is 36.3 Å². The SMILES string of the molecule is CN(C)c1ccc(C(=O)NC2CCc3ccc(OCc4ccnc(C(N)=O)c4)cc3C2)cc1. The summed E-state index contributed by atoms with van der Waals surface area (Å²) < 4.78 is 5.94. The third-order valence-electron chi connectivity index (χ3n) is 5.87. The van der Waals surface area contributed by atoms with E-state index >= 15 is 0 Å². The zero-order valence-electron chi connectivity index (χ0n) is 18.9. The molecule has 170 valence electrons. The van der Waals surface area contributed by atoms with E-state index in [1.165, 1.54) is 11.1 Å². The number of aryl methyl sites for hydroxylation is 1. The third-order valence-corrected chi connectivity index (χ3v) is 5.87. The van der Waals surface area contributed by atoms with Gasteiger partial charge in [-0.15, -0.1) is 0 Å². The van der Waals surface area contributed by atoms with Crippen LogP contribution < -0.4 is 20.7 Å². The number of nitrogens with zero attached hydrogens (tertiary/aromatic N) is 2. The number of hydrogen-bond acceptors (Lipinski definition) is 5. The minimum atomic E-state index is -0.563. The van der Waals surface area contributed by atoms with Gasteiger partial charge in [-0.05, 0) is 84.5 Å². The molecular weight excluding hydrogens is 416 g/mol. The van der Waals surface area contributed by atoms with Gasteiger partial charge in [-0.2, -0.15) is 0 Å². The highest BCUT2D eigenvalue weighted by Crippen LogP contribution is 2.26. The monoisotopic (exact) mass is 444 g/mol. The first kappa shape index (κ1) is 22.3. The van der Waals surface area contributed by atoms with Crippen LogP contribution in [0.15, 0.2) is 60.8 Å². The lowest BCUT2D eigenvalue weighted by Gasteiger charge is -2.26. The van der Waals surface area contributed by atoms with Crippen LogP contribution in [0.5, 0.6) is 5.75 Å². The average molecular weight is 445 g/mol. The number of fused-ring (bicyclic) bond motifs is 1. The van der Waals surface area contributed by atoms with Crippen molar-refractivity contribution in [2.24, 2.45) is 5.73 Å². The van der Waals surface area contributed by atoms with Crippen LogP contribution >= 0.6 is 0 Å². The third kappa shape index (κ3) is 5.49. The maximum atomic E-state index is 12.7. The molecular formula is C26H28N4O3. The van der Waals surface area contributed by atoms with Crippen molar-refractivity contribution in [3.05, 3.63) is 88.7 Å². The van der Waals surface area contributed by atoms with E-state index in [4.69, 9.17) is 10.5 Å². The molecule has 33 heavy (non-hydrogen) atoms. The summed E-state index contributed by atoms with van der Waals surface area (Å²) in [6, 6.07) is 17.2. The minimum Gasteiger partial charge on any atom is -0.489 e. The largest absolute Gasteiger partial charge is 0.489 e. The fourth-order valence-corrected chi connectivity index (χ4v) is 3.99. The first-order valence-corrected chi connectivity index (χ1v) is 11.0. The van der Waals surface area contributed by atoms with Gasteiger partial charge in [-0.3, -0.25) is 14.6 Å². The summed E-state index contributed by atoms with van der Waals surface area (Å²) in [4.78, 5) is 30.0. The van der Waals surface area contributed by atoms with Gasteiger partial charge in [0.25, 0.3) is 11.8 Å². The summed E-state index contributed by atoms with van der Waals surface area (Å²) in [6.45, 7) is 0.310. The Morgan fingerprint density at radius 3 is 2.61 bits per heavy atom. The van der Waals surface area contributed by atoms with Gasteiger partial charge in [-0.25, -0.2) is 0 Å². The summed E-state index contributed by atoms with van der Waals surface area (Å²) in [5.74, 6) is 0.133. The van der Waals surface area contributed by atoms with Crippen LogP contribution in [-0.4, -0.2) is 36.9 Å². The number of carbonyl (C=O) groups is 2. The van der Waals surface area contributed by atoms with Crippen molar-refractivity contribution in [1.29, 1.82) is 0 Å². The van der Waals surface area contributed by atoms with E-state index in [0.29, 0.717) is 12.2 Å². The fraction of sp³-hybridized carbons (Fsp3) is 0.269. The normalized spacial score (nSPS) is 14.8. The molecule has 3 aromatic rings. The van der Waals surface area contributed by atoms with Gasteiger partial charge in [0.1, 0.15) is 18.1 Å². The Balaban J connectivity index is 1.38. The molecule has 1 atom stereocenters. The summed E-state index contributed by atoms with van der Waals surface area (Å²) >= 11 is 0. The molecule has 0 bridgehead atoms. The number of nitrogens with one attached hydrogen (secondary N) is 1. The maximum absolute atomic E-state index is 12.7. The van der Waals surface area contributed by atoms with Crippen LogP contribution in [0.25, 0.3) is 0 Å². The molecule has 0 spiro atoms. The van der Waals surface area contributed by atoms with Crippen LogP contribution in [-0.2, 0) is 19.4 Å². The lowest BCUT2D eigenvalue weighted by Crippen LogP contribution is -2.38. The molecule has 1 aliphatic rings. The van der Waals surface area contributed by atoms with Gasteiger partial charge in [0.05, 0.1) is 0 Å². The molecule has 1 unspecified atom stereocenters. The summed E-state index contributed by atoms with van der Waals surface area (Å²) in [6.07, 6.45) is 4.12. The Kier molecular flexibility index (Phi) is 6.58. The van der Waals surface area contributed by atoms with Crippen LogP contribution in [0, 0.1) is 0 Å². The van der Waals surface area contributed by atoms with Crippen LogP contribution in [0.3, 0.4) is 0 Å². The molecule has 4 rings (SSSR count). The zero-order valence-corrected chi connectivity index (χ0v) is 18.9. The Labute approximate surface area is 193 Å². The summed E-state index contributed by atoms with van der Waals surface area (Å²) in [7, 11) is 3.95. The van der Waals surface area contributed by atoms with Gasteiger partial charge >= 0.3 is 0 Å². The van der Waals surface area contributed by atoms with Gasteiger partial charge in [0.15, 0.2) is 0 Å². The predicted octanol–water partition coefficient (Wildman–Crippen LogP) is 3.11. The highest BCUT2D eigenvalue weighted by molar-refractivity contribution is 5.94. The molecule has 1 aromatic heterocycles. The second-order valence-corrected chi connectivity index (χ2v) is 8.49. The fourth-order valence-electron chi connectivity index (χ4n) is 3.99. The van der Waals surface area contributed by atoms with Crippen LogP contribution in [0.1, 0.15) is 44.0 Å². The van der Waals surface area contributed by atoms with Crippen molar-refractivity contribution < 1.29 is 14.3 Å². The van der Waals surface area contributed by atoms with Crippen LogP contribution in [0.4, 0.5) is 5.69 Å². The lowest BCUT2D eigenvalue weighted by atomic mass is 9.88. The van der Waals surface area contributed by atoms with Crippen molar-refractivity contribution in [3.63, 3.8) is 0 Å². The van der Waals surface area contributed by atoms with Gasteiger partial charge in [0, 0.05) is 37.6 Å². The van der Waals surface area contributed by atoms with Gasteiger partial charge < -0.3 is 20.7 Å². The highest BCUT2D eigenvalue weighted by Gasteiger charge is 2.21. The predicted molar refractivity (Wildman–Crippen MR) is 128 cm³/mol. The van der Waals surface area contributed by atoms with E-state index in [9.17, 15) is 9.59 Å². The molecule has 7 nitrogen and oxygen atoms in total. The number of primary amides is 1.